The van der Waals surface area contributed by atoms with E-state index in [1.807, 2.05) is 29.3 Å². The Morgan fingerprint density at radius 1 is 1.47 bits per heavy atom. The molecule has 1 amide bonds. The van der Waals surface area contributed by atoms with Gasteiger partial charge in [0.05, 0.1) is 6.54 Å². The van der Waals surface area contributed by atoms with E-state index < -0.39 is 0 Å². The van der Waals surface area contributed by atoms with Crippen LogP contribution in [0, 0.1) is 0 Å². The number of allylic oxidation sites excluding steroid dienone is 2. The number of nitrogens with one attached hydrogen (secondary N) is 1. The molecule has 2 rings (SSSR count). The first kappa shape index (κ1) is 13.8. The van der Waals surface area contributed by atoms with Gasteiger partial charge >= 0.3 is 0 Å². The second kappa shape index (κ2) is 6.52. The number of amides is 1. The second-order valence-corrected chi connectivity index (χ2v) is 4.67. The highest BCUT2D eigenvalue weighted by Gasteiger charge is 2.28. The zero-order valence-electron chi connectivity index (χ0n) is 11.7. The van der Waals surface area contributed by atoms with Crippen LogP contribution in [-0.4, -0.2) is 60.3 Å². The molecule has 0 fully saturated rings. The van der Waals surface area contributed by atoms with Gasteiger partial charge < -0.3 is 15.1 Å². The first-order chi connectivity index (χ1) is 9.24. The van der Waals surface area contributed by atoms with Crippen molar-refractivity contribution < 1.29 is 4.79 Å². The van der Waals surface area contributed by atoms with Crippen molar-refractivity contribution in [3.05, 3.63) is 24.4 Å². The minimum Gasteiger partial charge on any atom is -0.353 e. The average molecular weight is 262 g/mol. The van der Waals surface area contributed by atoms with E-state index in [4.69, 9.17) is 0 Å². The molecule has 0 spiro atoms. The average Bonchev–Trinajstić information content (AvgIpc) is 2.87. The molecule has 19 heavy (non-hydrogen) atoms. The van der Waals surface area contributed by atoms with Gasteiger partial charge in [0.1, 0.15) is 11.9 Å². The van der Waals surface area contributed by atoms with Gasteiger partial charge in [-0.1, -0.05) is 19.9 Å². The van der Waals surface area contributed by atoms with Crippen LogP contribution in [0.1, 0.15) is 13.8 Å². The van der Waals surface area contributed by atoms with Crippen molar-refractivity contribution in [3.63, 3.8) is 0 Å². The molecule has 0 aromatic carbocycles. The number of nitrogens with zero attached hydrogens (tertiary/aromatic N) is 3. The summed E-state index contributed by atoms with van der Waals surface area (Å²) in [6.45, 7) is 8.52. The molecule has 104 valence electrons. The first-order valence-corrected chi connectivity index (χ1v) is 6.94. The summed E-state index contributed by atoms with van der Waals surface area (Å²) in [5.74, 6) is 0.905. The predicted octanol–water partition coefficient (Wildman–Crippen LogP) is 0.611. The van der Waals surface area contributed by atoms with E-state index in [2.05, 4.69) is 29.1 Å². The molecule has 0 aromatic rings. The summed E-state index contributed by atoms with van der Waals surface area (Å²) >= 11 is 0. The van der Waals surface area contributed by atoms with Crippen molar-refractivity contribution in [3.8, 4) is 0 Å². The summed E-state index contributed by atoms with van der Waals surface area (Å²) in [6.07, 6.45) is 7.79. The predicted molar refractivity (Wildman–Crippen MR) is 77.0 cm³/mol. The molecule has 2 aliphatic heterocycles. The lowest BCUT2D eigenvalue weighted by molar-refractivity contribution is -0.122. The van der Waals surface area contributed by atoms with Gasteiger partial charge in [0.25, 0.3) is 0 Å². The zero-order valence-corrected chi connectivity index (χ0v) is 11.7. The SMILES string of the molecule is CCN(CC)CCNC(=O)C1CN2C=CC=CC2=N1. The number of carbonyl (C=O) groups excluding carboxylic acids is 1. The number of fused-ring (bicyclic) bond motifs is 1. The lowest BCUT2D eigenvalue weighted by atomic mass is 10.3. The summed E-state index contributed by atoms with van der Waals surface area (Å²) < 4.78 is 0. The zero-order chi connectivity index (χ0) is 13.7. The highest BCUT2D eigenvalue weighted by atomic mass is 16.2. The molecule has 0 aromatic heterocycles. The smallest absolute Gasteiger partial charge is 0.246 e. The van der Waals surface area contributed by atoms with Gasteiger partial charge in [-0.15, -0.1) is 0 Å². The van der Waals surface area contributed by atoms with Crippen molar-refractivity contribution in [2.45, 2.75) is 19.9 Å². The number of amidine groups is 1. The van der Waals surface area contributed by atoms with E-state index in [9.17, 15) is 4.79 Å². The molecule has 2 heterocycles. The maximum Gasteiger partial charge on any atom is 0.246 e. The third kappa shape index (κ3) is 3.44. The molecule has 0 bridgehead atoms. The number of aliphatic imine (C=N–C) groups is 1. The van der Waals surface area contributed by atoms with Gasteiger partial charge in [0.15, 0.2) is 0 Å². The third-order valence-electron chi connectivity index (χ3n) is 3.50. The highest BCUT2D eigenvalue weighted by molar-refractivity contribution is 5.99. The summed E-state index contributed by atoms with van der Waals surface area (Å²) in [4.78, 5) is 20.8. The minimum atomic E-state index is -0.279. The number of hydrogen-bond donors (Lipinski definition) is 1. The van der Waals surface area contributed by atoms with Crippen molar-refractivity contribution in [1.29, 1.82) is 0 Å². The van der Waals surface area contributed by atoms with Crippen molar-refractivity contribution in [2.24, 2.45) is 4.99 Å². The molecule has 0 saturated carbocycles. The van der Waals surface area contributed by atoms with Crippen LogP contribution < -0.4 is 5.32 Å². The third-order valence-corrected chi connectivity index (χ3v) is 3.50. The molecule has 2 aliphatic rings. The van der Waals surface area contributed by atoms with Gasteiger partial charge in [-0.25, -0.2) is 0 Å². The van der Waals surface area contributed by atoms with Crippen molar-refractivity contribution in [2.75, 3.05) is 32.7 Å². The van der Waals surface area contributed by atoms with Gasteiger partial charge in [-0.2, -0.15) is 0 Å². The largest absolute Gasteiger partial charge is 0.353 e. The van der Waals surface area contributed by atoms with E-state index in [1.165, 1.54) is 0 Å². The minimum absolute atomic E-state index is 0.0239. The Hall–Kier alpha value is -1.62. The van der Waals surface area contributed by atoms with E-state index in [0.29, 0.717) is 13.1 Å². The van der Waals surface area contributed by atoms with Crippen molar-refractivity contribution >= 4 is 11.7 Å². The molecule has 1 N–H and O–H groups in total. The quantitative estimate of drug-likeness (QED) is 0.763. The molecule has 0 saturated heterocycles. The molecular weight excluding hydrogens is 240 g/mol. The van der Waals surface area contributed by atoms with Gasteiger partial charge in [0.2, 0.25) is 5.91 Å². The summed E-state index contributed by atoms with van der Waals surface area (Å²) in [7, 11) is 0. The van der Waals surface area contributed by atoms with Crippen molar-refractivity contribution in [1.82, 2.24) is 15.1 Å². The standard InChI is InChI=1S/C14H22N4O/c1-3-17(4-2)10-8-15-14(19)12-11-18-9-6-5-7-13(18)16-12/h5-7,9,12H,3-4,8,10-11H2,1-2H3,(H,15,19). The number of carbonyl (C=O) groups is 1. The molecule has 0 radical (unpaired) electrons. The van der Waals surface area contributed by atoms with Gasteiger partial charge in [-0.05, 0) is 25.2 Å². The van der Waals surface area contributed by atoms with Crippen LogP contribution >= 0.6 is 0 Å². The Balaban J connectivity index is 1.77. The van der Waals surface area contributed by atoms with E-state index in [0.717, 1.165) is 25.5 Å². The lowest BCUT2D eigenvalue weighted by Crippen LogP contribution is -2.40. The molecule has 1 atom stereocenters. The van der Waals surface area contributed by atoms with Crippen LogP contribution in [0.3, 0.4) is 0 Å². The Bertz CT molecular complexity index is 410. The lowest BCUT2D eigenvalue weighted by Gasteiger charge is -2.19. The van der Waals surface area contributed by atoms with Gasteiger partial charge in [-0.3, -0.25) is 9.79 Å². The molecule has 1 unspecified atom stereocenters. The topological polar surface area (TPSA) is 47.9 Å². The first-order valence-electron chi connectivity index (χ1n) is 6.94. The van der Waals surface area contributed by atoms with Crippen LogP contribution in [0.5, 0.6) is 0 Å². The Morgan fingerprint density at radius 3 is 2.95 bits per heavy atom. The fourth-order valence-electron chi connectivity index (χ4n) is 2.26. The summed E-state index contributed by atoms with van der Waals surface area (Å²) in [5.41, 5.74) is 0. The molecule has 5 heteroatoms. The number of likely N-dealkylation sites (N-methyl/N-ethyl adjacent to an activating group) is 1. The molecule has 0 aliphatic carbocycles. The van der Waals surface area contributed by atoms with E-state index in [-0.39, 0.29) is 11.9 Å². The van der Waals surface area contributed by atoms with Gasteiger partial charge in [0, 0.05) is 19.3 Å². The Kier molecular flexibility index (Phi) is 4.74. The van der Waals surface area contributed by atoms with E-state index in [1.54, 1.807) is 0 Å². The second-order valence-electron chi connectivity index (χ2n) is 4.67. The number of hydrogen-bond acceptors (Lipinski definition) is 4. The Labute approximate surface area is 114 Å². The fourth-order valence-corrected chi connectivity index (χ4v) is 2.26. The Morgan fingerprint density at radius 2 is 2.26 bits per heavy atom. The number of rotatable bonds is 6. The highest BCUT2D eigenvalue weighted by Crippen LogP contribution is 2.13. The summed E-state index contributed by atoms with van der Waals surface area (Å²) in [6, 6.07) is -0.279. The van der Waals surface area contributed by atoms with Crippen LogP contribution in [-0.2, 0) is 4.79 Å². The molecular formula is C14H22N4O. The molecule has 5 nitrogen and oxygen atoms in total. The van der Waals surface area contributed by atoms with Crippen LogP contribution in [0.4, 0.5) is 0 Å². The summed E-state index contributed by atoms with van der Waals surface area (Å²) in [5, 5.41) is 2.97. The van der Waals surface area contributed by atoms with Crippen LogP contribution in [0.2, 0.25) is 0 Å². The normalized spacial score (nSPS) is 20.7. The van der Waals surface area contributed by atoms with E-state index >= 15 is 0 Å². The van der Waals surface area contributed by atoms with Crippen LogP contribution in [0.15, 0.2) is 29.4 Å². The monoisotopic (exact) mass is 262 g/mol. The van der Waals surface area contributed by atoms with Crippen LogP contribution in [0.25, 0.3) is 0 Å². The maximum atomic E-state index is 12.0. The fraction of sp³-hybridized carbons (Fsp3) is 0.571. The maximum absolute atomic E-state index is 12.0.